The first-order chi connectivity index (χ1) is 32.7. The van der Waals surface area contributed by atoms with Crippen LogP contribution in [0.5, 0.6) is 0 Å². The Hall–Kier alpha value is -2.95. The van der Waals surface area contributed by atoms with E-state index in [1.165, 1.54) is 148 Å². The molecule has 0 fully saturated rings. The van der Waals surface area contributed by atoms with Crippen molar-refractivity contribution in [2.45, 2.75) is 270 Å². The van der Waals surface area contributed by atoms with Crippen LogP contribution < -0.4 is 5.32 Å². The maximum Gasteiger partial charge on any atom is 0.220 e. The van der Waals surface area contributed by atoms with E-state index >= 15 is 0 Å². The van der Waals surface area contributed by atoms with Crippen molar-refractivity contribution in [1.82, 2.24) is 5.32 Å². The molecule has 4 heteroatoms. The van der Waals surface area contributed by atoms with Gasteiger partial charge in [-0.2, -0.15) is 0 Å². The number of hydrogen-bond donors (Lipinski definition) is 3. The molecule has 0 saturated carbocycles. The van der Waals surface area contributed by atoms with Gasteiger partial charge in [-0.3, -0.25) is 4.79 Å². The fourth-order valence-corrected chi connectivity index (χ4v) is 8.00. The van der Waals surface area contributed by atoms with E-state index < -0.39 is 12.1 Å². The third-order valence-electron chi connectivity index (χ3n) is 12.2. The van der Waals surface area contributed by atoms with Crippen molar-refractivity contribution in [2.24, 2.45) is 0 Å². The number of aliphatic hydroxyl groups is 2. The zero-order valence-electron chi connectivity index (χ0n) is 43.4. The van der Waals surface area contributed by atoms with Gasteiger partial charge in [-0.15, -0.1) is 0 Å². The second-order valence-electron chi connectivity index (χ2n) is 18.6. The largest absolute Gasteiger partial charge is 0.394 e. The van der Waals surface area contributed by atoms with Gasteiger partial charge >= 0.3 is 0 Å². The molecule has 0 aromatic rings. The van der Waals surface area contributed by atoms with Gasteiger partial charge < -0.3 is 15.5 Å². The van der Waals surface area contributed by atoms with Crippen molar-refractivity contribution in [2.75, 3.05) is 6.61 Å². The normalized spacial score (nSPS) is 13.7. The van der Waals surface area contributed by atoms with Crippen LogP contribution in [0.25, 0.3) is 0 Å². The number of aliphatic hydroxyl groups excluding tert-OH is 2. The molecule has 378 valence electrons. The molecule has 0 aromatic heterocycles. The van der Waals surface area contributed by atoms with Crippen LogP contribution in [0.4, 0.5) is 0 Å². The predicted octanol–water partition coefficient (Wildman–Crippen LogP) is 18.7. The monoisotopic (exact) mass is 914 g/mol. The molecule has 0 aromatic carbocycles. The van der Waals surface area contributed by atoms with Gasteiger partial charge in [0.2, 0.25) is 5.91 Å². The number of rotatable bonds is 50. The van der Waals surface area contributed by atoms with Gasteiger partial charge in [-0.1, -0.05) is 271 Å². The summed E-state index contributed by atoms with van der Waals surface area (Å²) < 4.78 is 0. The minimum absolute atomic E-state index is 0.0954. The Morgan fingerprint density at radius 2 is 0.682 bits per heavy atom. The highest BCUT2D eigenvalue weighted by molar-refractivity contribution is 5.76. The van der Waals surface area contributed by atoms with Gasteiger partial charge in [0.1, 0.15) is 0 Å². The zero-order valence-corrected chi connectivity index (χ0v) is 43.4. The molecule has 0 aliphatic carbocycles. The second-order valence-corrected chi connectivity index (χ2v) is 18.6. The van der Waals surface area contributed by atoms with E-state index in [0.717, 1.165) is 89.9 Å². The quantitative estimate of drug-likeness (QED) is 0.0421. The summed E-state index contributed by atoms with van der Waals surface area (Å²) in [5.74, 6) is -0.0954. The summed E-state index contributed by atoms with van der Waals surface area (Å²) in [5.41, 5.74) is 0. The van der Waals surface area contributed by atoms with E-state index in [4.69, 9.17) is 0 Å². The summed E-state index contributed by atoms with van der Waals surface area (Å²) in [6, 6.07) is -0.659. The van der Waals surface area contributed by atoms with Gasteiger partial charge in [-0.05, 0) is 89.9 Å². The van der Waals surface area contributed by atoms with Crippen LogP contribution in [0, 0.1) is 0 Å². The third kappa shape index (κ3) is 52.0. The lowest BCUT2D eigenvalue weighted by Crippen LogP contribution is -2.45. The zero-order chi connectivity index (χ0) is 47.7. The maximum atomic E-state index is 12.5. The molecular formula is C62H107NO3. The highest BCUT2D eigenvalue weighted by Gasteiger charge is 2.17. The van der Waals surface area contributed by atoms with Crippen molar-refractivity contribution in [3.05, 3.63) is 109 Å². The van der Waals surface area contributed by atoms with Gasteiger partial charge in [-0.25, -0.2) is 0 Å². The van der Waals surface area contributed by atoms with E-state index in [-0.39, 0.29) is 12.5 Å². The Kier molecular flexibility index (Phi) is 53.9. The fourth-order valence-electron chi connectivity index (χ4n) is 8.00. The molecule has 0 aliphatic rings. The molecule has 0 aliphatic heterocycles. The number of carbonyl (C=O) groups excluding carboxylic acids is 1. The average Bonchev–Trinajstić information content (AvgIpc) is 3.32. The van der Waals surface area contributed by atoms with Gasteiger partial charge in [0.05, 0.1) is 18.8 Å². The van der Waals surface area contributed by atoms with Gasteiger partial charge in [0.25, 0.3) is 0 Å². The molecule has 0 saturated heterocycles. The first kappa shape index (κ1) is 63.0. The highest BCUT2D eigenvalue weighted by Crippen LogP contribution is 2.16. The van der Waals surface area contributed by atoms with Crippen LogP contribution in [0.1, 0.15) is 258 Å². The number of carbonyl (C=O) groups is 1. The predicted molar refractivity (Wildman–Crippen MR) is 294 cm³/mol. The Labute approximate surface area is 410 Å². The number of hydrogen-bond acceptors (Lipinski definition) is 3. The number of amides is 1. The van der Waals surface area contributed by atoms with Crippen LogP contribution in [-0.2, 0) is 4.79 Å². The Balaban J connectivity index is 3.64. The third-order valence-corrected chi connectivity index (χ3v) is 12.2. The topological polar surface area (TPSA) is 69.6 Å². The first-order valence-electron chi connectivity index (χ1n) is 28.1. The molecule has 0 spiro atoms. The van der Waals surface area contributed by atoms with Crippen LogP contribution in [0.2, 0.25) is 0 Å². The minimum Gasteiger partial charge on any atom is -0.394 e. The summed E-state index contributed by atoms with van der Waals surface area (Å²) in [6.07, 6.45) is 85.3. The maximum absolute atomic E-state index is 12.5. The molecule has 1 amide bonds. The van der Waals surface area contributed by atoms with E-state index in [2.05, 4.69) is 116 Å². The smallest absolute Gasteiger partial charge is 0.220 e. The lowest BCUT2D eigenvalue weighted by Gasteiger charge is -2.19. The molecule has 2 unspecified atom stereocenters. The molecule has 0 radical (unpaired) electrons. The van der Waals surface area contributed by atoms with Crippen LogP contribution in [0.3, 0.4) is 0 Å². The van der Waals surface area contributed by atoms with Crippen molar-refractivity contribution in [3.8, 4) is 0 Å². The van der Waals surface area contributed by atoms with E-state index in [1.807, 2.05) is 6.08 Å². The van der Waals surface area contributed by atoms with Crippen molar-refractivity contribution in [1.29, 1.82) is 0 Å². The molecule has 3 N–H and O–H groups in total. The summed E-state index contributed by atoms with van der Waals surface area (Å²) >= 11 is 0. The number of nitrogens with one attached hydrogen (secondary N) is 1. The molecule has 0 heterocycles. The summed E-state index contributed by atoms with van der Waals surface area (Å²) in [5, 5.41) is 23.1. The highest BCUT2D eigenvalue weighted by atomic mass is 16.3. The standard InChI is InChI=1S/C62H107NO3/c1-3-5-7-9-11-13-15-17-19-21-23-25-27-29-31-33-35-37-39-41-43-45-47-49-51-53-55-57-61(65)60(59-64)63-62(66)58-56-54-52-50-48-46-44-42-40-38-36-34-32-30-28-26-24-22-20-18-16-14-12-10-8-6-4-2/h6,8,12,14,18,20,24,26,30,32,36,38,42,44,47,49,55,57,60-61,64-65H,3-5,7,9-11,13,15-17,19,21-23,25,27-29,31,33-35,37,39-41,43,45-46,48,50-54,56,58-59H2,1-2H3,(H,63,66)/b8-6-,14-12-,20-18-,26-24-,32-30-,38-36-,44-42-,49-47+,57-55+. The number of unbranched alkanes of at least 4 members (excludes halogenated alkanes) is 27. The van der Waals surface area contributed by atoms with Gasteiger partial charge in [0.15, 0.2) is 0 Å². The Morgan fingerprint density at radius 1 is 0.379 bits per heavy atom. The SMILES string of the molecule is CC/C=C\C/C=C\C/C=C\C/C=C\C/C=C\C/C=C\C/C=C\CCCCCCCC(=O)NC(CO)C(O)/C=C/CC/C=C/CCCCCCCCCCCCCCCCCCCCCCC. The first-order valence-corrected chi connectivity index (χ1v) is 28.1. The Bertz CT molecular complexity index is 1270. The lowest BCUT2D eigenvalue weighted by molar-refractivity contribution is -0.123. The second kappa shape index (κ2) is 56.4. The van der Waals surface area contributed by atoms with Crippen molar-refractivity contribution in [3.63, 3.8) is 0 Å². The molecule has 4 nitrogen and oxygen atoms in total. The van der Waals surface area contributed by atoms with Crippen molar-refractivity contribution < 1.29 is 15.0 Å². The van der Waals surface area contributed by atoms with E-state index in [0.29, 0.717) is 6.42 Å². The summed E-state index contributed by atoms with van der Waals surface area (Å²) in [4.78, 5) is 12.5. The molecule has 0 rings (SSSR count). The molecular weight excluding hydrogens is 807 g/mol. The fraction of sp³-hybridized carbons (Fsp3) is 0.694. The molecule has 2 atom stereocenters. The molecule has 66 heavy (non-hydrogen) atoms. The average molecular weight is 915 g/mol. The lowest BCUT2D eigenvalue weighted by atomic mass is 10.0. The Morgan fingerprint density at radius 3 is 1.06 bits per heavy atom. The minimum atomic E-state index is -0.880. The number of allylic oxidation sites excluding steroid dienone is 17. The summed E-state index contributed by atoms with van der Waals surface area (Å²) in [7, 11) is 0. The van der Waals surface area contributed by atoms with Crippen LogP contribution >= 0.6 is 0 Å². The van der Waals surface area contributed by atoms with Crippen molar-refractivity contribution >= 4 is 5.91 Å². The van der Waals surface area contributed by atoms with Crippen LogP contribution in [-0.4, -0.2) is 34.9 Å². The summed E-state index contributed by atoms with van der Waals surface area (Å²) in [6.45, 7) is 4.19. The van der Waals surface area contributed by atoms with E-state index in [1.54, 1.807) is 6.08 Å². The molecule has 0 bridgehead atoms. The van der Waals surface area contributed by atoms with E-state index in [9.17, 15) is 15.0 Å². The van der Waals surface area contributed by atoms with Crippen LogP contribution in [0.15, 0.2) is 109 Å². The van der Waals surface area contributed by atoms with Gasteiger partial charge in [0, 0.05) is 6.42 Å².